The molecule has 1 N–H and O–H groups in total. The van der Waals surface area contributed by atoms with Gasteiger partial charge in [0, 0.05) is 29.3 Å². The molecule has 4 heteroatoms. The van der Waals surface area contributed by atoms with Gasteiger partial charge in [-0.05, 0) is 38.5 Å². The van der Waals surface area contributed by atoms with Crippen LogP contribution in [0, 0.1) is 19.3 Å². The van der Waals surface area contributed by atoms with Crippen LogP contribution in [0.25, 0.3) is 16.6 Å². The molecule has 0 unspecified atom stereocenters. The summed E-state index contributed by atoms with van der Waals surface area (Å²) in [6.45, 7) is 7.94. The molecule has 4 nitrogen and oxygen atoms in total. The first-order valence-corrected chi connectivity index (χ1v) is 6.85. The highest BCUT2D eigenvalue weighted by atomic mass is 15.1. The molecule has 3 rings (SSSR count). The topological polar surface area (TPSA) is 54.0 Å². The summed E-state index contributed by atoms with van der Waals surface area (Å²) in [5.41, 5.74) is 5.39. The lowest BCUT2D eigenvalue weighted by Gasteiger charge is -2.10. The van der Waals surface area contributed by atoms with Crippen LogP contribution in [0.1, 0.15) is 36.5 Å². The Hall–Kier alpha value is -2.23. The molecule has 0 bridgehead atoms. The second-order valence-electron chi connectivity index (χ2n) is 5.29. The molecule has 0 aliphatic heterocycles. The zero-order valence-corrected chi connectivity index (χ0v) is 12.3. The molecule has 3 aromatic rings. The average Bonchev–Trinajstić information content (AvgIpc) is 2.78. The zero-order valence-electron chi connectivity index (χ0n) is 12.3. The lowest BCUT2D eigenvalue weighted by molar-refractivity contribution is 0.913. The van der Waals surface area contributed by atoms with E-state index < -0.39 is 0 Å². The molecule has 0 radical (unpaired) electrons. The quantitative estimate of drug-likeness (QED) is 0.722. The summed E-state index contributed by atoms with van der Waals surface area (Å²) in [5, 5.41) is 9.01. The second kappa shape index (κ2) is 4.40. The molecule has 0 amide bonds. The summed E-state index contributed by atoms with van der Waals surface area (Å²) in [4.78, 5) is 9.42. The molecule has 2 heterocycles. The van der Waals surface area contributed by atoms with E-state index in [0.29, 0.717) is 5.71 Å². The summed E-state index contributed by atoms with van der Waals surface area (Å²) < 4.78 is 2.07. The molecule has 0 spiro atoms. The maximum absolute atomic E-state index is 7.99. The van der Waals surface area contributed by atoms with Gasteiger partial charge in [-0.2, -0.15) is 0 Å². The largest absolute Gasteiger partial charge is 0.305 e. The van der Waals surface area contributed by atoms with Crippen molar-refractivity contribution in [1.29, 1.82) is 5.41 Å². The van der Waals surface area contributed by atoms with Gasteiger partial charge in [-0.1, -0.05) is 6.92 Å². The Labute approximate surface area is 118 Å². The first kappa shape index (κ1) is 12.8. The van der Waals surface area contributed by atoms with E-state index in [1.165, 1.54) is 0 Å². The molecule has 0 aliphatic carbocycles. The number of aryl methyl sites for hydroxylation is 3. The van der Waals surface area contributed by atoms with Crippen LogP contribution in [-0.2, 0) is 6.42 Å². The summed E-state index contributed by atoms with van der Waals surface area (Å²) in [5.74, 6) is 0.986. The van der Waals surface area contributed by atoms with Crippen LogP contribution in [0.15, 0.2) is 18.3 Å². The van der Waals surface area contributed by atoms with Gasteiger partial charge in [0.05, 0.1) is 11.2 Å². The Kier molecular flexibility index (Phi) is 2.82. The van der Waals surface area contributed by atoms with Crippen molar-refractivity contribution in [3.05, 3.63) is 41.0 Å². The predicted molar refractivity (Wildman–Crippen MR) is 81.8 cm³/mol. The van der Waals surface area contributed by atoms with Gasteiger partial charge in [0.1, 0.15) is 11.5 Å². The number of nitrogens with one attached hydrogen (secondary N) is 1. The molecule has 1 aromatic carbocycles. The van der Waals surface area contributed by atoms with Crippen LogP contribution < -0.4 is 0 Å². The molecule has 0 fully saturated rings. The summed E-state index contributed by atoms with van der Waals surface area (Å²) in [7, 11) is 0. The molecule has 2 aromatic heterocycles. The van der Waals surface area contributed by atoms with Gasteiger partial charge >= 0.3 is 0 Å². The number of aromatic nitrogens is 3. The SMILES string of the molecule is CCc1nc2c(C(C)=N)cc(C)cc2c2nc(C)cn12. The van der Waals surface area contributed by atoms with Crippen molar-refractivity contribution in [1.82, 2.24) is 14.4 Å². The van der Waals surface area contributed by atoms with Gasteiger partial charge in [0.15, 0.2) is 0 Å². The summed E-state index contributed by atoms with van der Waals surface area (Å²) >= 11 is 0. The fourth-order valence-electron chi connectivity index (χ4n) is 2.67. The van der Waals surface area contributed by atoms with Crippen molar-refractivity contribution >= 4 is 22.3 Å². The van der Waals surface area contributed by atoms with Crippen LogP contribution in [0.2, 0.25) is 0 Å². The number of hydrogen-bond donors (Lipinski definition) is 1. The van der Waals surface area contributed by atoms with Crippen molar-refractivity contribution in [2.75, 3.05) is 0 Å². The van der Waals surface area contributed by atoms with Crippen molar-refractivity contribution < 1.29 is 0 Å². The Morgan fingerprint density at radius 3 is 2.65 bits per heavy atom. The van der Waals surface area contributed by atoms with E-state index in [1.807, 2.05) is 33.0 Å². The number of benzene rings is 1. The fourth-order valence-corrected chi connectivity index (χ4v) is 2.67. The van der Waals surface area contributed by atoms with E-state index in [4.69, 9.17) is 10.4 Å². The molecule has 0 saturated heterocycles. The van der Waals surface area contributed by atoms with Crippen LogP contribution in [0.3, 0.4) is 0 Å². The van der Waals surface area contributed by atoms with Crippen molar-refractivity contribution in [3.63, 3.8) is 0 Å². The molecular weight excluding hydrogens is 248 g/mol. The monoisotopic (exact) mass is 266 g/mol. The molecule has 0 saturated carbocycles. The Morgan fingerprint density at radius 1 is 1.25 bits per heavy atom. The Morgan fingerprint density at radius 2 is 2.00 bits per heavy atom. The minimum atomic E-state index is 0.542. The normalized spacial score (nSPS) is 11.4. The maximum Gasteiger partial charge on any atom is 0.147 e. The molecular formula is C16H18N4. The molecule has 102 valence electrons. The highest BCUT2D eigenvalue weighted by molar-refractivity contribution is 6.09. The van der Waals surface area contributed by atoms with E-state index in [0.717, 1.165) is 45.6 Å². The summed E-state index contributed by atoms with van der Waals surface area (Å²) in [6, 6.07) is 4.14. The third kappa shape index (κ3) is 1.80. The van der Waals surface area contributed by atoms with Crippen molar-refractivity contribution in [2.45, 2.75) is 34.1 Å². The Bertz CT molecular complexity index is 843. The van der Waals surface area contributed by atoms with E-state index in [2.05, 4.69) is 22.4 Å². The van der Waals surface area contributed by atoms with Gasteiger partial charge in [0.25, 0.3) is 0 Å². The van der Waals surface area contributed by atoms with Gasteiger partial charge in [0.2, 0.25) is 0 Å². The number of fused-ring (bicyclic) bond motifs is 3. The van der Waals surface area contributed by atoms with Crippen LogP contribution in [0.5, 0.6) is 0 Å². The average molecular weight is 266 g/mol. The fraction of sp³-hybridized carbons (Fsp3) is 0.312. The zero-order chi connectivity index (χ0) is 14.4. The van der Waals surface area contributed by atoms with Gasteiger partial charge < -0.3 is 5.41 Å². The van der Waals surface area contributed by atoms with E-state index in [-0.39, 0.29) is 0 Å². The predicted octanol–water partition coefficient (Wildman–Crippen LogP) is 3.45. The minimum Gasteiger partial charge on any atom is -0.305 e. The van der Waals surface area contributed by atoms with Crippen molar-refractivity contribution in [3.8, 4) is 0 Å². The van der Waals surface area contributed by atoms with Gasteiger partial charge in [-0.3, -0.25) is 4.40 Å². The smallest absolute Gasteiger partial charge is 0.147 e. The van der Waals surface area contributed by atoms with Gasteiger partial charge in [-0.15, -0.1) is 0 Å². The standard InChI is InChI=1S/C16H18N4/c1-5-14-19-15-12(11(4)17)6-9(2)7-13(15)16-18-10(3)8-20(14)16/h6-8,17H,5H2,1-4H3. The van der Waals surface area contributed by atoms with E-state index in [1.54, 1.807) is 0 Å². The molecule has 0 aliphatic rings. The van der Waals surface area contributed by atoms with Gasteiger partial charge in [-0.25, -0.2) is 9.97 Å². The summed E-state index contributed by atoms with van der Waals surface area (Å²) in [6.07, 6.45) is 2.87. The number of nitrogens with zero attached hydrogens (tertiary/aromatic N) is 3. The van der Waals surface area contributed by atoms with Crippen LogP contribution in [0.4, 0.5) is 0 Å². The highest BCUT2D eigenvalue weighted by Crippen LogP contribution is 2.25. The lowest BCUT2D eigenvalue weighted by atomic mass is 10.0. The second-order valence-corrected chi connectivity index (χ2v) is 5.29. The highest BCUT2D eigenvalue weighted by Gasteiger charge is 2.14. The molecule has 0 atom stereocenters. The Balaban J connectivity index is 2.57. The minimum absolute atomic E-state index is 0.542. The number of hydrogen-bond acceptors (Lipinski definition) is 3. The first-order chi connectivity index (χ1) is 9.51. The van der Waals surface area contributed by atoms with E-state index >= 15 is 0 Å². The third-order valence-corrected chi connectivity index (χ3v) is 3.56. The maximum atomic E-state index is 7.99. The molecule has 20 heavy (non-hydrogen) atoms. The number of imidazole rings is 1. The van der Waals surface area contributed by atoms with Crippen molar-refractivity contribution in [2.24, 2.45) is 0 Å². The van der Waals surface area contributed by atoms with Crippen LogP contribution >= 0.6 is 0 Å². The van der Waals surface area contributed by atoms with E-state index in [9.17, 15) is 0 Å². The first-order valence-electron chi connectivity index (χ1n) is 6.85. The third-order valence-electron chi connectivity index (χ3n) is 3.56. The number of rotatable bonds is 2. The lowest BCUT2D eigenvalue weighted by Crippen LogP contribution is -2.04. The van der Waals surface area contributed by atoms with Crippen LogP contribution in [-0.4, -0.2) is 20.1 Å².